The van der Waals surface area contributed by atoms with E-state index in [1.165, 1.54) is 25.5 Å². The molecule has 1 aliphatic rings. The summed E-state index contributed by atoms with van der Waals surface area (Å²) in [5, 5.41) is 13.0. The number of halogens is 1. The summed E-state index contributed by atoms with van der Waals surface area (Å²) in [7, 11) is 0. The molecule has 31 heavy (non-hydrogen) atoms. The van der Waals surface area contributed by atoms with Gasteiger partial charge in [0, 0.05) is 17.3 Å². The Bertz CT molecular complexity index is 1130. The maximum Gasteiger partial charge on any atom is 0.337 e. The quantitative estimate of drug-likeness (QED) is 0.507. The molecule has 0 radical (unpaired) electrons. The van der Waals surface area contributed by atoms with E-state index in [-0.39, 0.29) is 11.5 Å². The SMILES string of the molecule is O=C(O)c1cnc2cc(NC(=O)c3cccc(Cl)c3OCC3CCCCC3)ccc2c1. The highest BCUT2D eigenvalue weighted by Gasteiger charge is 2.19. The number of para-hydroxylation sites is 1. The number of amides is 1. The Labute approximate surface area is 185 Å². The third-order valence-electron chi connectivity index (χ3n) is 5.59. The van der Waals surface area contributed by atoms with E-state index in [0.29, 0.717) is 45.5 Å². The Kier molecular flexibility index (Phi) is 6.37. The van der Waals surface area contributed by atoms with Crippen LogP contribution in [0.4, 0.5) is 5.69 Å². The number of carboxylic acid groups (broad SMARTS) is 1. The van der Waals surface area contributed by atoms with E-state index in [2.05, 4.69) is 10.3 Å². The zero-order valence-corrected chi connectivity index (χ0v) is 17.7. The lowest BCUT2D eigenvalue weighted by Gasteiger charge is -2.22. The largest absolute Gasteiger partial charge is 0.491 e. The average molecular weight is 439 g/mol. The molecule has 2 N–H and O–H groups in total. The normalized spacial score (nSPS) is 14.4. The first-order valence-electron chi connectivity index (χ1n) is 10.4. The lowest BCUT2D eigenvalue weighted by Crippen LogP contribution is -2.18. The number of hydrogen-bond donors (Lipinski definition) is 2. The summed E-state index contributed by atoms with van der Waals surface area (Å²) in [6.07, 6.45) is 7.28. The number of ether oxygens (including phenoxy) is 1. The van der Waals surface area contributed by atoms with Gasteiger partial charge in [-0.25, -0.2) is 4.79 Å². The molecule has 1 aliphatic carbocycles. The van der Waals surface area contributed by atoms with Gasteiger partial charge in [0.05, 0.1) is 28.3 Å². The summed E-state index contributed by atoms with van der Waals surface area (Å²) in [5.41, 5.74) is 1.62. The van der Waals surface area contributed by atoms with Gasteiger partial charge in [-0.15, -0.1) is 0 Å². The van der Waals surface area contributed by atoms with Gasteiger partial charge in [0.25, 0.3) is 5.91 Å². The number of aromatic carboxylic acids is 1. The van der Waals surface area contributed by atoms with Gasteiger partial charge in [0.15, 0.2) is 5.75 Å². The van der Waals surface area contributed by atoms with Crippen LogP contribution in [0.5, 0.6) is 5.75 Å². The predicted molar refractivity (Wildman–Crippen MR) is 120 cm³/mol. The van der Waals surface area contributed by atoms with Crippen LogP contribution in [0.3, 0.4) is 0 Å². The lowest BCUT2D eigenvalue weighted by molar-refractivity contribution is 0.0696. The first kappa shape index (κ1) is 21.1. The topological polar surface area (TPSA) is 88.5 Å². The van der Waals surface area contributed by atoms with Gasteiger partial charge < -0.3 is 15.2 Å². The van der Waals surface area contributed by atoms with Gasteiger partial charge in [0.1, 0.15) is 0 Å². The molecular weight excluding hydrogens is 416 g/mol. The second-order valence-corrected chi connectivity index (χ2v) is 8.23. The van der Waals surface area contributed by atoms with Crippen molar-refractivity contribution in [3.63, 3.8) is 0 Å². The van der Waals surface area contributed by atoms with Crippen LogP contribution in [0.1, 0.15) is 52.8 Å². The molecule has 160 valence electrons. The molecule has 0 saturated heterocycles. The van der Waals surface area contributed by atoms with Crippen LogP contribution >= 0.6 is 11.6 Å². The fraction of sp³-hybridized carbons (Fsp3) is 0.292. The highest BCUT2D eigenvalue weighted by atomic mass is 35.5. The third-order valence-corrected chi connectivity index (χ3v) is 5.89. The van der Waals surface area contributed by atoms with E-state index in [1.54, 1.807) is 42.5 Å². The summed E-state index contributed by atoms with van der Waals surface area (Å²) in [5.74, 6) is -0.475. The van der Waals surface area contributed by atoms with Crippen molar-refractivity contribution in [2.45, 2.75) is 32.1 Å². The maximum absolute atomic E-state index is 13.0. The van der Waals surface area contributed by atoms with E-state index >= 15 is 0 Å². The number of nitrogens with one attached hydrogen (secondary N) is 1. The standard InChI is InChI=1S/C24H23ClN2O4/c25-20-8-4-7-19(22(20)31-14-15-5-2-1-3-6-15)23(28)27-18-10-9-16-11-17(24(29)30)13-26-21(16)12-18/h4,7-13,15H,1-3,5-6,14H2,(H,27,28)(H,29,30). The molecule has 4 rings (SSSR count). The molecule has 1 saturated carbocycles. The van der Waals surface area contributed by atoms with Gasteiger partial charge in [-0.05, 0) is 49.1 Å². The lowest BCUT2D eigenvalue weighted by atomic mass is 9.90. The van der Waals surface area contributed by atoms with Crippen LogP contribution in [0.15, 0.2) is 48.7 Å². The molecule has 6 nitrogen and oxygen atoms in total. The first-order chi connectivity index (χ1) is 15.0. The van der Waals surface area contributed by atoms with Crippen molar-refractivity contribution in [3.05, 3.63) is 64.8 Å². The number of carbonyl (C=O) groups is 2. The van der Waals surface area contributed by atoms with Crippen molar-refractivity contribution in [3.8, 4) is 5.75 Å². The predicted octanol–water partition coefficient (Wildman–Crippen LogP) is 5.80. The summed E-state index contributed by atoms with van der Waals surface area (Å²) in [6.45, 7) is 0.551. The van der Waals surface area contributed by atoms with Crippen LogP contribution in [-0.2, 0) is 0 Å². The van der Waals surface area contributed by atoms with E-state index in [9.17, 15) is 9.59 Å². The summed E-state index contributed by atoms with van der Waals surface area (Å²) in [6, 6.07) is 11.8. The minimum Gasteiger partial charge on any atom is -0.491 e. The molecule has 1 heterocycles. The molecule has 7 heteroatoms. The fourth-order valence-electron chi connectivity index (χ4n) is 3.90. The molecule has 0 spiro atoms. The maximum atomic E-state index is 13.0. The molecule has 1 aromatic heterocycles. The van der Waals surface area contributed by atoms with E-state index in [1.807, 2.05) is 0 Å². The average Bonchev–Trinajstić information content (AvgIpc) is 2.78. The number of nitrogens with zero attached hydrogens (tertiary/aromatic N) is 1. The number of anilines is 1. The second kappa shape index (κ2) is 9.35. The number of benzene rings is 2. The van der Waals surface area contributed by atoms with Crippen LogP contribution < -0.4 is 10.1 Å². The minimum atomic E-state index is -1.03. The van der Waals surface area contributed by atoms with E-state index in [4.69, 9.17) is 21.4 Å². The van der Waals surface area contributed by atoms with E-state index in [0.717, 1.165) is 12.8 Å². The van der Waals surface area contributed by atoms with Gasteiger partial charge in [-0.1, -0.05) is 43.0 Å². The highest BCUT2D eigenvalue weighted by molar-refractivity contribution is 6.32. The van der Waals surface area contributed by atoms with Crippen LogP contribution in [0.2, 0.25) is 5.02 Å². The van der Waals surface area contributed by atoms with Crippen LogP contribution in [0.25, 0.3) is 10.9 Å². The Morgan fingerprint density at radius 2 is 1.94 bits per heavy atom. The third kappa shape index (κ3) is 4.97. The number of rotatable bonds is 6. The molecular formula is C24H23ClN2O4. The number of pyridine rings is 1. The molecule has 1 amide bonds. The Balaban J connectivity index is 1.52. The van der Waals surface area contributed by atoms with Crippen molar-refractivity contribution in [2.24, 2.45) is 5.92 Å². The zero-order valence-electron chi connectivity index (χ0n) is 16.9. The van der Waals surface area contributed by atoms with Crippen LogP contribution in [0, 0.1) is 5.92 Å². The number of aromatic nitrogens is 1. The minimum absolute atomic E-state index is 0.114. The van der Waals surface area contributed by atoms with Crippen LogP contribution in [-0.4, -0.2) is 28.6 Å². The molecule has 0 atom stereocenters. The fourth-order valence-corrected chi connectivity index (χ4v) is 4.13. The monoisotopic (exact) mass is 438 g/mol. The molecule has 2 aromatic carbocycles. The van der Waals surface area contributed by atoms with Gasteiger partial charge >= 0.3 is 5.97 Å². The molecule has 0 aliphatic heterocycles. The zero-order chi connectivity index (χ0) is 21.8. The Morgan fingerprint density at radius 3 is 2.71 bits per heavy atom. The second-order valence-electron chi connectivity index (χ2n) is 7.82. The van der Waals surface area contributed by atoms with E-state index < -0.39 is 5.97 Å². The Hall–Kier alpha value is -3.12. The van der Waals surface area contributed by atoms with Gasteiger partial charge in [0.2, 0.25) is 0 Å². The molecule has 3 aromatic rings. The number of hydrogen-bond acceptors (Lipinski definition) is 4. The van der Waals surface area contributed by atoms with Crippen molar-refractivity contribution < 1.29 is 19.4 Å². The number of fused-ring (bicyclic) bond motifs is 1. The van der Waals surface area contributed by atoms with Crippen molar-refractivity contribution in [1.29, 1.82) is 0 Å². The van der Waals surface area contributed by atoms with Crippen molar-refractivity contribution in [2.75, 3.05) is 11.9 Å². The summed E-state index contributed by atoms with van der Waals surface area (Å²) in [4.78, 5) is 28.3. The molecule has 1 fully saturated rings. The first-order valence-corrected chi connectivity index (χ1v) is 10.7. The Morgan fingerprint density at radius 1 is 1.13 bits per heavy atom. The van der Waals surface area contributed by atoms with Gasteiger partial charge in [-0.2, -0.15) is 0 Å². The van der Waals surface area contributed by atoms with Crippen molar-refractivity contribution in [1.82, 2.24) is 4.98 Å². The summed E-state index contributed by atoms with van der Waals surface area (Å²) >= 11 is 6.35. The molecule has 0 bridgehead atoms. The van der Waals surface area contributed by atoms with Gasteiger partial charge in [-0.3, -0.25) is 9.78 Å². The van der Waals surface area contributed by atoms with Crippen molar-refractivity contribution >= 4 is 40.1 Å². The number of carboxylic acids is 1. The molecule has 0 unspecified atom stereocenters. The number of carbonyl (C=O) groups excluding carboxylic acids is 1. The summed E-state index contributed by atoms with van der Waals surface area (Å²) < 4.78 is 6.01. The highest BCUT2D eigenvalue weighted by Crippen LogP contribution is 2.32. The smallest absolute Gasteiger partial charge is 0.337 e.